The predicted octanol–water partition coefficient (Wildman–Crippen LogP) is 1.56. The monoisotopic (exact) mass is 319 g/mol. The van der Waals surface area contributed by atoms with Crippen LogP contribution in [0.2, 0.25) is 0 Å². The second-order valence-electron chi connectivity index (χ2n) is 4.95. The number of hydrogen-bond donors (Lipinski definition) is 1. The van der Waals surface area contributed by atoms with Crippen molar-refractivity contribution >= 4 is 15.9 Å². The van der Waals surface area contributed by atoms with Crippen molar-refractivity contribution in [2.24, 2.45) is 5.14 Å². The third kappa shape index (κ3) is 3.49. The van der Waals surface area contributed by atoms with Gasteiger partial charge in [0.1, 0.15) is 0 Å². The van der Waals surface area contributed by atoms with Gasteiger partial charge in [0, 0.05) is 19.4 Å². The van der Waals surface area contributed by atoms with Crippen LogP contribution in [0.15, 0.2) is 53.7 Å². The number of carbonyl (C=O) groups excluding carboxylic acids is 1. The Kier molecular flexibility index (Phi) is 4.58. The lowest BCUT2D eigenvalue weighted by Gasteiger charge is -2.25. The van der Waals surface area contributed by atoms with E-state index in [1.807, 2.05) is 6.92 Å². The van der Waals surface area contributed by atoms with E-state index in [4.69, 9.17) is 5.14 Å². The van der Waals surface area contributed by atoms with E-state index in [1.165, 1.54) is 18.3 Å². The number of sulfonamides is 1. The number of amides is 1. The minimum atomic E-state index is -3.71. The maximum absolute atomic E-state index is 12.4. The number of nitrogens with two attached hydrogens (primary N) is 1. The first kappa shape index (κ1) is 16.1. The molecule has 1 atom stereocenters. The fourth-order valence-corrected chi connectivity index (χ4v) is 2.54. The van der Waals surface area contributed by atoms with Crippen molar-refractivity contribution in [3.8, 4) is 0 Å². The fourth-order valence-electron chi connectivity index (χ4n) is 2.03. The highest BCUT2D eigenvalue weighted by molar-refractivity contribution is 7.89. The quantitative estimate of drug-likeness (QED) is 0.925. The van der Waals surface area contributed by atoms with E-state index in [2.05, 4.69) is 4.98 Å². The summed E-state index contributed by atoms with van der Waals surface area (Å²) in [4.78, 5) is 17.9. The molecule has 1 heterocycles. The molecule has 0 saturated carbocycles. The Hall–Kier alpha value is -2.25. The van der Waals surface area contributed by atoms with Crippen LogP contribution in [0.25, 0.3) is 0 Å². The highest BCUT2D eigenvalue weighted by Gasteiger charge is 2.19. The van der Waals surface area contributed by atoms with Crippen molar-refractivity contribution in [1.29, 1.82) is 0 Å². The highest BCUT2D eigenvalue weighted by Crippen LogP contribution is 2.21. The van der Waals surface area contributed by atoms with Crippen LogP contribution in [0.3, 0.4) is 0 Å². The molecule has 6 nitrogen and oxygen atoms in total. The molecule has 0 aliphatic rings. The second-order valence-corrected chi connectivity index (χ2v) is 6.51. The third-order valence-electron chi connectivity index (χ3n) is 3.50. The summed E-state index contributed by atoms with van der Waals surface area (Å²) in [5.74, 6) is -0.156. The van der Waals surface area contributed by atoms with Crippen LogP contribution in [0.1, 0.15) is 28.9 Å². The van der Waals surface area contributed by atoms with Crippen LogP contribution in [0.4, 0.5) is 0 Å². The van der Waals surface area contributed by atoms with Crippen LogP contribution >= 0.6 is 0 Å². The van der Waals surface area contributed by atoms with Crippen molar-refractivity contribution < 1.29 is 13.2 Å². The van der Waals surface area contributed by atoms with Gasteiger partial charge in [-0.3, -0.25) is 9.78 Å². The van der Waals surface area contributed by atoms with E-state index in [9.17, 15) is 13.2 Å². The number of aromatic nitrogens is 1. The van der Waals surface area contributed by atoms with Gasteiger partial charge in [0.2, 0.25) is 10.0 Å². The summed E-state index contributed by atoms with van der Waals surface area (Å²) >= 11 is 0. The SMILES string of the molecule is C[C@@H](c1ccc(S(N)(=O)=O)cc1)N(C)C(=O)c1cccnc1. The van der Waals surface area contributed by atoms with E-state index in [0.29, 0.717) is 5.56 Å². The first-order valence-electron chi connectivity index (χ1n) is 6.60. The fraction of sp³-hybridized carbons (Fsp3) is 0.200. The molecule has 22 heavy (non-hydrogen) atoms. The molecule has 0 radical (unpaired) electrons. The molecular formula is C15H17N3O3S. The summed E-state index contributed by atoms with van der Waals surface area (Å²) in [7, 11) is -2.03. The van der Waals surface area contributed by atoms with E-state index in [-0.39, 0.29) is 16.8 Å². The van der Waals surface area contributed by atoms with Gasteiger partial charge in [0.25, 0.3) is 5.91 Å². The number of nitrogens with zero attached hydrogens (tertiary/aromatic N) is 2. The lowest BCUT2D eigenvalue weighted by molar-refractivity contribution is 0.0742. The number of pyridine rings is 1. The Morgan fingerprint density at radius 2 is 1.86 bits per heavy atom. The molecule has 116 valence electrons. The highest BCUT2D eigenvalue weighted by atomic mass is 32.2. The zero-order valence-electron chi connectivity index (χ0n) is 12.3. The van der Waals surface area contributed by atoms with Crippen LogP contribution in [0.5, 0.6) is 0 Å². The summed E-state index contributed by atoms with van der Waals surface area (Å²) in [6.45, 7) is 1.86. The Morgan fingerprint density at radius 1 is 1.23 bits per heavy atom. The molecule has 2 N–H and O–H groups in total. The van der Waals surface area contributed by atoms with Gasteiger partial charge >= 0.3 is 0 Å². The summed E-state index contributed by atoms with van der Waals surface area (Å²) in [5.41, 5.74) is 1.31. The minimum Gasteiger partial charge on any atom is -0.335 e. The molecular weight excluding hydrogens is 302 g/mol. The van der Waals surface area contributed by atoms with Gasteiger partial charge in [-0.2, -0.15) is 0 Å². The number of hydrogen-bond acceptors (Lipinski definition) is 4. The maximum atomic E-state index is 12.4. The van der Waals surface area contributed by atoms with Crippen LogP contribution < -0.4 is 5.14 Å². The van der Waals surface area contributed by atoms with Crippen molar-refractivity contribution in [3.63, 3.8) is 0 Å². The van der Waals surface area contributed by atoms with Gasteiger partial charge in [-0.05, 0) is 36.8 Å². The van der Waals surface area contributed by atoms with E-state index < -0.39 is 10.0 Å². The van der Waals surface area contributed by atoms with E-state index >= 15 is 0 Å². The Balaban J connectivity index is 2.20. The van der Waals surface area contributed by atoms with E-state index in [1.54, 1.807) is 42.4 Å². The Morgan fingerprint density at radius 3 is 2.36 bits per heavy atom. The van der Waals surface area contributed by atoms with Gasteiger partial charge in [-0.25, -0.2) is 13.6 Å². The summed E-state index contributed by atoms with van der Waals surface area (Å²) in [6, 6.07) is 9.35. The number of rotatable bonds is 4. The largest absolute Gasteiger partial charge is 0.335 e. The average Bonchev–Trinajstić information content (AvgIpc) is 2.53. The standard InChI is InChI=1S/C15H17N3O3S/c1-11(12-5-7-14(8-6-12)22(16,20)21)18(2)15(19)13-4-3-9-17-10-13/h3-11H,1-2H3,(H2,16,20,21)/t11-/m0/s1. The van der Waals surface area contributed by atoms with Crippen LogP contribution in [-0.4, -0.2) is 31.3 Å². The third-order valence-corrected chi connectivity index (χ3v) is 4.43. The Labute approximate surface area is 129 Å². The van der Waals surface area contributed by atoms with Crippen molar-refractivity contribution in [2.45, 2.75) is 17.9 Å². The molecule has 0 fully saturated rings. The van der Waals surface area contributed by atoms with Crippen LogP contribution in [-0.2, 0) is 10.0 Å². The van der Waals surface area contributed by atoms with Gasteiger partial charge in [-0.15, -0.1) is 0 Å². The smallest absolute Gasteiger partial charge is 0.255 e. The molecule has 7 heteroatoms. The predicted molar refractivity (Wildman–Crippen MR) is 82.6 cm³/mol. The molecule has 1 aromatic heterocycles. The zero-order valence-corrected chi connectivity index (χ0v) is 13.1. The molecule has 2 rings (SSSR count). The summed E-state index contributed by atoms with van der Waals surface area (Å²) in [6.07, 6.45) is 3.11. The molecule has 0 aliphatic heterocycles. The number of carbonyl (C=O) groups is 1. The van der Waals surface area contributed by atoms with Crippen molar-refractivity contribution in [2.75, 3.05) is 7.05 Å². The number of benzene rings is 1. The molecule has 0 saturated heterocycles. The van der Waals surface area contributed by atoms with Gasteiger partial charge < -0.3 is 4.90 Å². The second kappa shape index (κ2) is 6.25. The average molecular weight is 319 g/mol. The molecule has 2 aromatic rings. The lowest BCUT2D eigenvalue weighted by atomic mass is 10.1. The number of primary sulfonamides is 1. The zero-order chi connectivity index (χ0) is 16.3. The van der Waals surface area contributed by atoms with Crippen molar-refractivity contribution in [3.05, 3.63) is 59.9 Å². The molecule has 0 spiro atoms. The first-order valence-corrected chi connectivity index (χ1v) is 8.15. The van der Waals surface area contributed by atoms with E-state index in [0.717, 1.165) is 5.56 Å². The lowest BCUT2D eigenvalue weighted by Crippen LogP contribution is -2.29. The van der Waals surface area contributed by atoms with Gasteiger partial charge in [0.15, 0.2) is 0 Å². The Bertz CT molecular complexity index is 758. The summed E-state index contributed by atoms with van der Waals surface area (Å²) < 4.78 is 22.5. The molecule has 0 aliphatic carbocycles. The van der Waals surface area contributed by atoms with Crippen molar-refractivity contribution in [1.82, 2.24) is 9.88 Å². The molecule has 1 amide bonds. The first-order chi connectivity index (χ1) is 10.3. The molecule has 1 aromatic carbocycles. The van der Waals surface area contributed by atoms with Gasteiger partial charge in [-0.1, -0.05) is 12.1 Å². The normalized spacial score (nSPS) is 12.7. The minimum absolute atomic E-state index is 0.0460. The van der Waals surface area contributed by atoms with Crippen LogP contribution in [0, 0.1) is 0 Å². The maximum Gasteiger partial charge on any atom is 0.255 e. The molecule has 0 unspecified atom stereocenters. The molecule has 0 bridgehead atoms. The van der Waals surface area contributed by atoms with Gasteiger partial charge in [0.05, 0.1) is 16.5 Å². The summed E-state index contributed by atoms with van der Waals surface area (Å²) in [5, 5.41) is 5.07. The topological polar surface area (TPSA) is 93.4 Å².